The van der Waals surface area contributed by atoms with Crippen LogP contribution in [0.4, 0.5) is 0 Å². The first kappa shape index (κ1) is 38.5. The van der Waals surface area contributed by atoms with E-state index in [2.05, 4.69) is 5.32 Å². The van der Waals surface area contributed by atoms with Crippen molar-refractivity contribution >= 4 is 21.6 Å². The van der Waals surface area contributed by atoms with Crippen LogP contribution in [0.2, 0.25) is 0 Å². The Hall–Kier alpha value is -1.91. The number of nitrogens with one attached hydrogen (secondary N) is 2. The van der Waals surface area contributed by atoms with Gasteiger partial charge >= 0.3 is 21.3 Å². The molecule has 1 amide bonds. The van der Waals surface area contributed by atoms with Crippen molar-refractivity contribution in [2.24, 2.45) is 5.92 Å². The van der Waals surface area contributed by atoms with E-state index in [-0.39, 0.29) is 26.4 Å². The molecule has 7 N–H and O–H groups in total. The molecule has 46 heavy (non-hydrogen) atoms. The van der Waals surface area contributed by atoms with E-state index in [1.807, 2.05) is 4.98 Å². The number of aromatic amines is 1. The number of amides is 1. The average Bonchev–Trinajstić information content (AvgIpc) is 3.30. The van der Waals surface area contributed by atoms with E-state index < -0.39 is 94.5 Å². The summed E-state index contributed by atoms with van der Waals surface area (Å²) in [7, 11) is -8.08. The van der Waals surface area contributed by atoms with Crippen molar-refractivity contribution in [2.75, 3.05) is 47.2 Å². The van der Waals surface area contributed by atoms with Crippen LogP contribution < -0.4 is 16.6 Å². The van der Waals surface area contributed by atoms with Crippen molar-refractivity contribution in [3.63, 3.8) is 0 Å². The standard InChI is InChI=1S/C23H39N3O18P2/c1-12-17(30)18(31)13(9-24-16(29)11-39-8-4-7-27)42-22(12)43-46(36,38-3)44-45(35,37-2)40-10-14-19(32)20(33)21(41-14)26-6-5-15(28)25-23(26)34/h5-6,12-14,17-22,27,30-33H,4,7-11H2,1-3H3,(H,24,29)(H,25,28,34)/t12?,13?,14?,17-,18-,19?,20?,21?,22-,45?,46?/m1/s1. The number of hydrogen-bond donors (Lipinski definition) is 7. The van der Waals surface area contributed by atoms with E-state index in [1.54, 1.807) is 0 Å². The molecule has 0 radical (unpaired) electrons. The smallest absolute Gasteiger partial charge is 0.396 e. The second-order valence-corrected chi connectivity index (χ2v) is 13.8. The van der Waals surface area contributed by atoms with E-state index in [0.717, 1.165) is 31.0 Å². The molecule has 3 rings (SSSR count). The number of aliphatic hydroxyl groups is 5. The fraction of sp³-hybridized carbons (Fsp3) is 0.783. The molecule has 11 atom stereocenters. The molecule has 2 fully saturated rings. The predicted molar refractivity (Wildman–Crippen MR) is 150 cm³/mol. The summed E-state index contributed by atoms with van der Waals surface area (Å²) in [6.07, 6.45) is -10.9. The number of H-pyrrole nitrogens is 1. The second kappa shape index (κ2) is 17.0. The molecule has 8 unspecified atom stereocenters. The zero-order chi connectivity index (χ0) is 34.2. The molecule has 1 aromatic heterocycles. The topological polar surface area (TPSA) is 293 Å². The maximum absolute atomic E-state index is 13.4. The highest BCUT2D eigenvalue weighted by atomic mass is 31.3. The van der Waals surface area contributed by atoms with Gasteiger partial charge in [0, 0.05) is 52.2 Å². The highest BCUT2D eigenvalue weighted by Crippen LogP contribution is 2.66. The van der Waals surface area contributed by atoms with Gasteiger partial charge in [0.1, 0.15) is 37.1 Å². The second-order valence-electron chi connectivity index (χ2n) is 10.1. The van der Waals surface area contributed by atoms with Gasteiger partial charge in [-0.25, -0.2) is 13.9 Å². The Balaban J connectivity index is 1.63. The Labute approximate surface area is 261 Å². The molecule has 0 aliphatic carbocycles. The van der Waals surface area contributed by atoms with Gasteiger partial charge in [-0.15, -0.1) is 0 Å². The predicted octanol–water partition coefficient (Wildman–Crippen LogP) is -2.69. The molecule has 0 spiro atoms. The lowest BCUT2D eigenvalue weighted by Crippen LogP contribution is -2.57. The van der Waals surface area contributed by atoms with Crippen LogP contribution in [-0.2, 0) is 50.5 Å². The first-order chi connectivity index (χ1) is 21.7. The van der Waals surface area contributed by atoms with E-state index in [4.69, 9.17) is 41.7 Å². The van der Waals surface area contributed by atoms with Crippen molar-refractivity contribution in [3.8, 4) is 0 Å². The van der Waals surface area contributed by atoms with Crippen LogP contribution in [0.5, 0.6) is 0 Å². The van der Waals surface area contributed by atoms with Crippen molar-refractivity contribution in [3.05, 3.63) is 33.1 Å². The summed E-state index contributed by atoms with van der Waals surface area (Å²) < 4.78 is 68.6. The van der Waals surface area contributed by atoms with Gasteiger partial charge in [-0.1, -0.05) is 6.92 Å². The molecule has 264 valence electrons. The van der Waals surface area contributed by atoms with Crippen molar-refractivity contribution in [2.45, 2.75) is 62.5 Å². The van der Waals surface area contributed by atoms with Crippen LogP contribution >= 0.6 is 15.6 Å². The van der Waals surface area contributed by atoms with Crippen LogP contribution in [0.25, 0.3) is 0 Å². The van der Waals surface area contributed by atoms with Crippen molar-refractivity contribution < 1.29 is 76.1 Å². The number of ether oxygens (including phenoxy) is 3. The first-order valence-electron chi connectivity index (χ1n) is 13.8. The van der Waals surface area contributed by atoms with Gasteiger partial charge in [0.05, 0.1) is 12.7 Å². The molecule has 23 heteroatoms. The van der Waals surface area contributed by atoms with Crippen LogP contribution in [0.15, 0.2) is 21.9 Å². The van der Waals surface area contributed by atoms with E-state index in [9.17, 15) is 43.9 Å². The van der Waals surface area contributed by atoms with Gasteiger partial charge in [0.25, 0.3) is 5.56 Å². The number of phosphoric acid groups is 2. The lowest BCUT2D eigenvalue weighted by molar-refractivity contribution is -0.252. The number of aromatic nitrogens is 2. The first-order valence-corrected chi connectivity index (χ1v) is 16.8. The number of carbonyl (C=O) groups excluding carboxylic acids is 1. The summed E-state index contributed by atoms with van der Waals surface area (Å²) in [5.41, 5.74) is -1.66. The molecule has 3 heterocycles. The Bertz CT molecular complexity index is 1360. The van der Waals surface area contributed by atoms with Crippen LogP contribution in [0, 0.1) is 5.92 Å². The quantitative estimate of drug-likeness (QED) is 0.0641. The Morgan fingerprint density at radius 1 is 1.02 bits per heavy atom. The lowest BCUT2D eigenvalue weighted by atomic mass is 9.92. The SMILES string of the molecule is COP(=O)(OCC1OC(n2ccc(=O)[nH]c2=O)C(O)C1O)OP(=O)(OC)O[C@H]1OC(CNC(=O)COCCCO)[C@@H](O)[C@H](O)C1C. The molecule has 0 aromatic carbocycles. The zero-order valence-corrected chi connectivity index (χ0v) is 26.8. The van der Waals surface area contributed by atoms with Gasteiger partial charge in [-0.3, -0.25) is 37.2 Å². The van der Waals surface area contributed by atoms with Crippen molar-refractivity contribution in [1.82, 2.24) is 14.9 Å². The highest BCUT2D eigenvalue weighted by molar-refractivity contribution is 7.62. The third-order valence-electron chi connectivity index (χ3n) is 6.93. The number of aliphatic hydroxyl groups excluding tert-OH is 5. The van der Waals surface area contributed by atoms with Gasteiger partial charge in [-0.05, 0) is 6.42 Å². The molecule has 21 nitrogen and oxygen atoms in total. The molecular weight excluding hydrogens is 668 g/mol. The molecule has 0 bridgehead atoms. The number of hydrogen-bond acceptors (Lipinski definition) is 18. The van der Waals surface area contributed by atoms with E-state index in [1.165, 1.54) is 6.92 Å². The summed E-state index contributed by atoms with van der Waals surface area (Å²) in [4.78, 5) is 37.4. The van der Waals surface area contributed by atoms with E-state index in [0.29, 0.717) is 6.42 Å². The number of carbonyl (C=O) groups is 1. The minimum absolute atomic E-state index is 0.117. The molecule has 2 saturated heterocycles. The molecule has 2 aliphatic rings. The van der Waals surface area contributed by atoms with Gasteiger partial charge in [0.2, 0.25) is 5.91 Å². The molecule has 1 aromatic rings. The van der Waals surface area contributed by atoms with Crippen LogP contribution in [0.3, 0.4) is 0 Å². The molecule has 0 saturated carbocycles. The van der Waals surface area contributed by atoms with Gasteiger partial charge in [-0.2, -0.15) is 4.31 Å². The molecular formula is C23H39N3O18P2. The Morgan fingerprint density at radius 3 is 2.33 bits per heavy atom. The van der Waals surface area contributed by atoms with Gasteiger partial charge in [0.15, 0.2) is 12.5 Å². The summed E-state index contributed by atoms with van der Waals surface area (Å²) in [6.45, 7) is -0.124. The van der Waals surface area contributed by atoms with Crippen LogP contribution in [-0.4, -0.2) is 131 Å². The van der Waals surface area contributed by atoms with Crippen molar-refractivity contribution in [1.29, 1.82) is 0 Å². The average molecular weight is 708 g/mol. The summed E-state index contributed by atoms with van der Waals surface area (Å²) >= 11 is 0. The Morgan fingerprint density at radius 2 is 1.70 bits per heavy atom. The largest absolute Gasteiger partial charge is 0.485 e. The fourth-order valence-corrected chi connectivity index (χ4v) is 7.17. The minimum atomic E-state index is -4.93. The summed E-state index contributed by atoms with van der Waals surface area (Å²) in [5.74, 6) is -1.67. The lowest BCUT2D eigenvalue weighted by Gasteiger charge is -2.41. The maximum atomic E-state index is 13.4. The minimum Gasteiger partial charge on any atom is -0.396 e. The van der Waals surface area contributed by atoms with Gasteiger partial charge < -0.3 is 45.1 Å². The number of rotatable bonds is 17. The van der Waals surface area contributed by atoms with E-state index >= 15 is 0 Å². The number of nitrogens with zero attached hydrogens (tertiary/aromatic N) is 1. The molecule has 2 aliphatic heterocycles. The fourth-order valence-electron chi connectivity index (χ4n) is 4.30. The highest BCUT2D eigenvalue weighted by Gasteiger charge is 2.50. The van der Waals surface area contributed by atoms with Crippen LogP contribution in [0.1, 0.15) is 19.6 Å². The summed E-state index contributed by atoms with van der Waals surface area (Å²) in [6, 6.07) is 0.981. The zero-order valence-electron chi connectivity index (χ0n) is 25.0. The monoisotopic (exact) mass is 707 g/mol. The maximum Gasteiger partial charge on any atom is 0.485 e. The normalized spacial score (nSPS) is 32.5. The number of phosphoric ester groups is 2. The Kier molecular flexibility index (Phi) is 14.2. The summed E-state index contributed by atoms with van der Waals surface area (Å²) in [5, 5.41) is 53.0. The third-order valence-corrected chi connectivity index (χ3v) is 10.4. The third kappa shape index (κ3) is 9.82.